The summed E-state index contributed by atoms with van der Waals surface area (Å²) in [6.45, 7) is 0.614. The lowest BCUT2D eigenvalue weighted by atomic mass is 9.90. The first kappa shape index (κ1) is 36.9. The number of aryl methyl sites for hydroxylation is 1. The molecule has 2 aliphatic rings. The topological polar surface area (TPSA) is 68.2 Å². The number of para-hydroxylation sites is 1. The van der Waals surface area contributed by atoms with E-state index in [0.717, 1.165) is 90.2 Å². The second kappa shape index (κ2) is 14.1. The molecule has 15 rings (SSSR count). The summed E-state index contributed by atoms with van der Waals surface area (Å²) in [6.07, 6.45) is 6.64. The van der Waals surface area contributed by atoms with Crippen LogP contribution in [-0.4, -0.2) is 15.0 Å². The van der Waals surface area contributed by atoms with Gasteiger partial charge in [0.05, 0.1) is 11.4 Å². The van der Waals surface area contributed by atoms with Gasteiger partial charge in [-0.2, -0.15) is 0 Å². The molecule has 0 atom stereocenters. The van der Waals surface area contributed by atoms with Crippen LogP contribution in [0.2, 0.25) is 0 Å². The number of thiophene rings is 1. The number of rotatable bonds is 4. The maximum Gasteiger partial charge on any atom is 0.166 e. The average molecular weight is 877 g/mol. The van der Waals surface area contributed by atoms with Crippen LogP contribution in [0.25, 0.3) is 127 Å². The van der Waals surface area contributed by atoms with Crippen molar-refractivity contribution in [3.8, 4) is 45.3 Å². The van der Waals surface area contributed by atoms with E-state index in [2.05, 4.69) is 163 Å². The molecule has 0 spiro atoms. The van der Waals surface area contributed by atoms with Crippen molar-refractivity contribution in [2.45, 2.75) is 19.4 Å². The first-order chi connectivity index (χ1) is 33.2. The summed E-state index contributed by atoms with van der Waals surface area (Å²) < 4.78 is 14.9. The van der Waals surface area contributed by atoms with Crippen molar-refractivity contribution in [3.63, 3.8) is 0 Å². The normalized spacial score (nSPS) is 13.4. The zero-order valence-corrected chi connectivity index (χ0v) is 36.8. The van der Waals surface area contributed by atoms with Crippen molar-refractivity contribution < 1.29 is 8.83 Å². The molecule has 1 aliphatic heterocycles. The molecule has 13 aromatic rings. The minimum Gasteiger partial charge on any atom is -0.456 e. The summed E-state index contributed by atoms with van der Waals surface area (Å²) in [4.78, 5) is 20.5. The Hall–Kier alpha value is -8.39. The Morgan fingerprint density at radius 2 is 1.16 bits per heavy atom. The number of benzene rings is 9. The predicted octanol–water partition coefficient (Wildman–Crippen LogP) is 16.5. The summed E-state index contributed by atoms with van der Waals surface area (Å²) in [6, 6.07) is 60.3. The van der Waals surface area contributed by atoms with Crippen molar-refractivity contribution >= 4 is 104 Å². The summed E-state index contributed by atoms with van der Waals surface area (Å²) in [5.74, 6) is 1.75. The quantitative estimate of drug-likeness (QED) is 0.175. The lowest BCUT2D eigenvalue weighted by molar-refractivity contribution is 0.667. The van der Waals surface area contributed by atoms with E-state index in [1.807, 2.05) is 35.6 Å². The van der Waals surface area contributed by atoms with Crippen LogP contribution in [0.1, 0.15) is 22.4 Å². The van der Waals surface area contributed by atoms with Gasteiger partial charge in [-0.15, -0.1) is 11.3 Å². The van der Waals surface area contributed by atoms with Gasteiger partial charge in [0.15, 0.2) is 23.1 Å². The molecule has 5 heterocycles. The van der Waals surface area contributed by atoms with E-state index in [-0.39, 0.29) is 0 Å². The highest BCUT2D eigenvalue weighted by Gasteiger charge is 2.31. The molecule has 6 nitrogen and oxygen atoms in total. The highest BCUT2D eigenvalue weighted by molar-refractivity contribution is 7.19. The molecule has 314 valence electrons. The number of allylic oxidation sites excluding steroid dienone is 1. The standard InChI is InChI=1S/C60H36N4O2S/c1-2-15-36-32-47-46(31-35(36)14-1)38-17-5-4-16-37(38)33-64(47)56-45(29-28-42-53-39-18-6-3-13-34(39)27-30-50(53)66-57(42)56)60-62-58(43-21-11-24-49-54(43)40-19-7-9-23-48(40)65-49)61-59(63-60)44-22-12-26-52-55(44)41-20-8-10-25-51(41)67-52/h1-9,11-24,26-32H,10,25,33H2. The minimum absolute atomic E-state index is 0.560. The molecule has 0 unspecified atom stereocenters. The lowest BCUT2D eigenvalue weighted by Crippen LogP contribution is -2.22. The van der Waals surface area contributed by atoms with Crippen molar-refractivity contribution in [2.24, 2.45) is 0 Å². The molecule has 67 heavy (non-hydrogen) atoms. The van der Waals surface area contributed by atoms with E-state index in [4.69, 9.17) is 23.8 Å². The summed E-state index contributed by atoms with van der Waals surface area (Å²) in [5.41, 5.74) is 12.8. The van der Waals surface area contributed by atoms with Gasteiger partial charge in [0.1, 0.15) is 16.7 Å². The molecule has 0 N–H and O–H groups in total. The maximum absolute atomic E-state index is 7.20. The molecule has 0 fully saturated rings. The van der Waals surface area contributed by atoms with Crippen LogP contribution >= 0.6 is 11.3 Å². The lowest BCUT2D eigenvalue weighted by Gasteiger charge is -2.34. The molecule has 0 saturated carbocycles. The second-order valence-electron chi connectivity index (χ2n) is 17.7. The Balaban J connectivity index is 1.07. The van der Waals surface area contributed by atoms with Gasteiger partial charge < -0.3 is 13.7 Å². The number of aromatic nitrogens is 3. The van der Waals surface area contributed by atoms with Crippen LogP contribution in [0, 0.1) is 0 Å². The Morgan fingerprint density at radius 1 is 0.478 bits per heavy atom. The Labute approximate surface area is 387 Å². The molecule has 9 aromatic carbocycles. The van der Waals surface area contributed by atoms with Crippen molar-refractivity contribution in [1.29, 1.82) is 0 Å². The first-order valence-electron chi connectivity index (χ1n) is 22.8. The summed E-state index contributed by atoms with van der Waals surface area (Å²) in [7, 11) is 0. The van der Waals surface area contributed by atoms with E-state index in [1.165, 1.54) is 53.4 Å². The highest BCUT2D eigenvalue weighted by Crippen LogP contribution is 2.51. The number of hydrogen-bond donors (Lipinski definition) is 0. The number of nitrogens with zero attached hydrogens (tertiary/aromatic N) is 4. The maximum atomic E-state index is 7.20. The van der Waals surface area contributed by atoms with Crippen LogP contribution in [0.3, 0.4) is 0 Å². The SMILES string of the molecule is C1=Cc2c(sc3cccc(-c4nc(-c5ccc6c(oc7ccc8ccccc8c76)c5N5Cc6ccccc6-c6cc7ccccc7cc65)nc(-c5cccc6oc7ccccc7c56)n4)c23)CC1. The number of anilines is 2. The first-order valence-corrected chi connectivity index (χ1v) is 23.7. The number of fused-ring (bicyclic) bond motifs is 15. The molecule has 1 aliphatic carbocycles. The zero-order valence-electron chi connectivity index (χ0n) is 36.0. The van der Waals surface area contributed by atoms with Crippen molar-refractivity contribution in [3.05, 3.63) is 192 Å². The minimum atomic E-state index is 0.560. The van der Waals surface area contributed by atoms with Crippen LogP contribution in [0.5, 0.6) is 0 Å². The van der Waals surface area contributed by atoms with E-state index in [0.29, 0.717) is 24.0 Å². The molecule has 0 radical (unpaired) electrons. The largest absolute Gasteiger partial charge is 0.456 e. The van der Waals surface area contributed by atoms with Gasteiger partial charge in [-0.05, 0) is 99.6 Å². The van der Waals surface area contributed by atoms with Crippen molar-refractivity contribution in [1.82, 2.24) is 15.0 Å². The molecule has 7 heteroatoms. The third kappa shape index (κ3) is 5.46. The number of hydrogen-bond acceptors (Lipinski definition) is 7. The Kier molecular flexibility index (Phi) is 7.74. The highest BCUT2D eigenvalue weighted by atomic mass is 32.1. The van der Waals surface area contributed by atoms with Crippen LogP contribution in [0.15, 0.2) is 185 Å². The van der Waals surface area contributed by atoms with E-state index in [1.54, 1.807) is 0 Å². The fourth-order valence-electron chi connectivity index (χ4n) is 11.0. The summed E-state index contributed by atoms with van der Waals surface area (Å²) in [5, 5.41) is 9.99. The molecule has 0 amide bonds. The molecule has 0 bridgehead atoms. The van der Waals surface area contributed by atoms with Gasteiger partial charge >= 0.3 is 0 Å². The van der Waals surface area contributed by atoms with Gasteiger partial charge in [-0.1, -0.05) is 133 Å². The van der Waals surface area contributed by atoms with Crippen LogP contribution in [0.4, 0.5) is 11.4 Å². The van der Waals surface area contributed by atoms with Gasteiger partial charge in [0, 0.05) is 65.3 Å². The van der Waals surface area contributed by atoms with E-state index >= 15 is 0 Å². The van der Waals surface area contributed by atoms with E-state index in [9.17, 15) is 0 Å². The van der Waals surface area contributed by atoms with Gasteiger partial charge in [-0.3, -0.25) is 0 Å². The fraction of sp³-hybridized carbons (Fsp3) is 0.0500. The summed E-state index contributed by atoms with van der Waals surface area (Å²) >= 11 is 1.87. The van der Waals surface area contributed by atoms with Gasteiger partial charge in [-0.25, -0.2) is 15.0 Å². The predicted molar refractivity (Wildman–Crippen MR) is 276 cm³/mol. The fourth-order valence-corrected chi connectivity index (χ4v) is 12.2. The molecular formula is C60H36N4O2S. The van der Waals surface area contributed by atoms with Crippen LogP contribution < -0.4 is 4.90 Å². The molecule has 0 saturated heterocycles. The van der Waals surface area contributed by atoms with Gasteiger partial charge in [0.2, 0.25) is 0 Å². The zero-order chi connectivity index (χ0) is 43.7. The van der Waals surface area contributed by atoms with Gasteiger partial charge in [0.25, 0.3) is 0 Å². The van der Waals surface area contributed by atoms with E-state index < -0.39 is 0 Å². The van der Waals surface area contributed by atoms with Crippen LogP contribution in [-0.2, 0) is 13.0 Å². The average Bonchev–Trinajstić information content (AvgIpc) is 4.09. The molecule has 4 aromatic heterocycles. The number of furan rings is 2. The molecular weight excluding hydrogens is 841 g/mol. The second-order valence-corrected chi connectivity index (χ2v) is 18.8. The van der Waals surface area contributed by atoms with Crippen molar-refractivity contribution in [2.75, 3.05) is 4.90 Å². The smallest absolute Gasteiger partial charge is 0.166 e. The Morgan fingerprint density at radius 3 is 2.04 bits per heavy atom. The third-order valence-corrected chi connectivity index (χ3v) is 15.2. The monoisotopic (exact) mass is 876 g/mol. The third-order valence-electron chi connectivity index (χ3n) is 14.0. The Bertz CT molecular complexity index is 4290.